The average molecular weight is 2000 g/mol. The number of aromatic hydroxyl groups is 5. The van der Waals surface area contributed by atoms with Crippen molar-refractivity contribution in [3.05, 3.63) is 204 Å². The van der Waals surface area contributed by atoms with Crippen molar-refractivity contribution < 1.29 is 49.2 Å². The van der Waals surface area contributed by atoms with E-state index in [-0.39, 0.29) is 0 Å². The Morgan fingerprint density at radius 1 is 0.329 bits per heavy atom. The second-order valence-corrected chi connectivity index (χ2v) is 50.4. The van der Waals surface area contributed by atoms with Crippen molar-refractivity contribution >= 4 is 0 Å². The number of phenolic OH excluding ortho intramolecular Hbond substituents is 5. The predicted molar refractivity (Wildman–Crippen MR) is 601 cm³/mol. The van der Waals surface area contributed by atoms with Crippen molar-refractivity contribution in [1.82, 2.24) is 29.4 Å². The first-order valence-electron chi connectivity index (χ1n) is 58.8. The fourth-order valence-electron chi connectivity index (χ4n) is 33.5. The maximum absolute atomic E-state index is 10.5. The van der Waals surface area contributed by atoms with Gasteiger partial charge >= 0.3 is 0 Å². The summed E-state index contributed by atoms with van der Waals surface area (Å²) in [7, 11) is 16.8. The first-order chi connectivity index (χ1) is 70.2. The number of benzene rings is 5. The molecule has 806 valence electrons. The maximum atomic E-state index is 10.5. The molecule has 0 aromatic heterocycles. The van der Waals surface area contributed by atoms with E-state index in [1.165, 1.54) is 210 Å². The molecule has 0 amide bonds. The van der Waals surface area contributed by atoms with E-state index >= 15 is 0 Å². The molecule has 20 rings (SSSR count). The molecule has 10 fully saturated rings. The fraction of sp³-hybridized carbons (Fsp3) is 0.692. The Morgan fingerprint density at radius 2 is 0.630 bits per heavy atom. The Kier molecular flexibility index (Phi) is 38.4. The molecule has 0 spiro atoms. The van der Waals surface area contributed by atoms with E-state index in [1.807, 2.05) is 48.5 Å². The number of hydrogen-bond acceptors (Lipinski definition) is 16. The van der Waals surface area contributed by atoms with Gasteiger partial charge < -0.3 is 78.6 Å². The summed E-state index contributed by atoms with van der Waals surface area (Å²) in [4.78, 5) is 13.6. The van der Waals surface area contributed by atoms with Crippen LogP contribution in [0.5, 0.6) is 28.7 Å². The molecule has 5 N–H and O–H groups in total. The lowest BCUT2D eigenvalue weighted by Crippen LogP contribution is -2.43. The van der Waals surface area contributed by atoms with E-state index in [1.54, 1.807) is 27.9 Å². The second-order valence-electron chi connectivity index (χ2n) is 50.4. The van der Waals surface area contributed by atoms with Crippen molar-refractivity contribution in [3.8, 4) is 28.7 Å². The number of fused-ring (bicyclic) bond motifs is 25. The van der Waals surface area contributed by atoms with Crippen LogP contribution in [0.15, 0.2) is 143 Å². The van der Waals surface area contributed by atoms with Crippen LogP contribution in [-0.4, -0.2) is 236 Å². The van der Waals surface area contributed by atoms with E-state index < -0.39 is 0 Å². The Hall–Kier alpha value is -6.64. The summed E-state index contributed by atoms with van der Waals surface area (Å²) in [6, 6.07) is 28.9. The normalized spacial score (nSPS) is 32.9. The highest BCUT2D eigenvalue weighted by Crippen LogP contribution is 2.69. The van der Waals surface area contributed by atoms with E-state index in [4.69, 9.17) is 23.7 Å². The molecule has 0 heterocycles. The lowest BCUT2D eigenvalue weighted by atomic mass is 9.52. The molecular formula is C130H196N6O10. The van der Waals surface area contributed by atoms with Gasteiger partial charge in [0.2, 0.25) is 0 Å². The van der Waals surface area contributed by atoms with Gasteiger partial charge in [-0.2, -0.15) is 0 Å². The summed E-state index contributed by atoms with van der Waals surface area (Å²) >= 11 is 0. The van der Waals surface area contributed by atoms with Crippen molar-refractivity contribution in [1.29, 1.82) is 0 Å². The van der Waals surface area contributed by atoms with Gasteiger partial charge in [0, 0.05) is 38.3 Å². The quantitative estimate of drug-likeness (QED) is 0.0204. The Bertz CT molecular complexity index is 5270. The fourth-order valence-corrected chi connectivity index (χ4v) is 33.5. The van der Waals surface area contributed by atoms with Crippen LogP contribution >= 0.6 is 0 Å². The van der Waals surface area contributed by atoms with E-state index in [0.717, 1.165) is 228 Å². The molecule has 146 heavy (non-hydrogen) atoms. The number of rotatable bonds is 32. The molecule has 21 unspecified atom stereocenters. The van der Waals surface area contributed by atoms with Crippen molar-refractivity contribution in [2.75, 3.05) is 175 Å². The zero-order chi connectivity index (χ0) is 104. The molecule has 15 aliphatic carbocycles. The largest absolute Gasteiger partial charge is 0.508 e. The molecule has 5 aromatic carbocycles. The van der Waals surface area contributed by atoms with Crippen LogP contribution in [0.3, 0.4) is 0 Å². The highest BCUT2D eigenvalue weighted by Gasteiger charge is 2.59. The number of allylic oxidation sites excluding steroid dienone is 5. The van der Waals surface area contributed by atoms with Crippen LogP contribution in [0, 0.1) is 92.2 Å². The van der Waals surface area contributed by atoms with Crippen LogP contribution in [0.1, 0.15) is 327 Å². The highest BCUT2D eigenvalue weighted by molar-refractivity contribution is 5.49. The molecule has 15 aliphatic rings. The molecule has 5 aromatic rings. The topological polar surface area (TPSA) is 167 Å². The molecule has 0 bridgehead atoms. The summed E-state index contributed by atoms with van der Waals surface area (Å²) in [5, 5.41) is 50.1. The van der Waals surface area contributed by atoms with Gasteiger partial charge in [-0.05, 0) is 521 Å². The van der Waals surface area contributed by atoms with E-state index in [2.05, 4.69) is 229 Å². The van der Waals surface area contributed by atoms with Gasteiger partial charge in [0.25, 0.3) is 0 Å². The number of phenols is 5. The zero-order valence-corrected chi connectivity index (χ0v) is 94.4. The Balaban J connectivity index is 0.000000131. The minimum Gasteiger partial charge on any atom is -0.508 e. The molecule has 0 aliphatic heterocycles. The summed E-state index contributed by atoms with van der Waals surface area (Å²) in [5.41, 5.74) is 25.8. The Labute approximate surface area is 884 Å². The van der Waals surface area contributed by atoms with Gasteiger partial charge in [-0.15, -0.1) is 0 Å². The van der Waals surface area contributed by atoms with Gasteiger partial charge in [0.1, 0.15) is 28.7 Å². The first kappa shape index (κ1) is 112. The molecular weight excluding hydrogens is 1810 g/mol. The second kappa shape index (κ2) is 50.1. The minimum atomic E-state index is 0.321. The molecule has 16 nitrogen and oxygen atoms in total. The van der Waals surface area contributed by atoms with Crippen LogP contribution in [0.2, 0.25) is 0 Å². The number of nitrogens with zero attached hydrogens (tertiary/aromatic N) is 6. The van der Waals surface area contributed by atoms with Crippen molar-refractivity contribution in [2.45, 2.75) is 311 Å². The van der Waals surface area contributed by atoms with Gasteiger partial charge in [-0.3, -0.25) is 0 Å². The molecule has 0 saturated heterocycles. The third kappa shape index (κ3) is 25.0. The SMILES string of the molecule is CC(CCN(C)C)OC/C=C1\CCC2C3CCc4cc(O)ccc4C3CCC12C.CCN(CC)CCOC/C=C1\CCC2C3C(CCC12C)c1ccc(O)cc1C[C@H]3C.CCN(CC)CCOC/C=C1\CCC2C3CCc4cc(O)ccc4C3CCC12C.CN(C)CCOC/C=C1/CCC2C3CCc4cc(O)ccc4C3CCC12C.CN(C)CCOC/C=C1\CCC2C3CCc4cc(O)c(CN(C)C)cc4C3CCC12C. The third-order valence-corrected chi connectivity index (χ3v) is 41.6. The summed E-state index contributed by atoms with van der Waals surface area (Å²) < 4.78 is 29.8. The molecule has 16 heteroatoms. The molecule has 10 saturated carbocycles. The minimum absolute atomic E-state index is 0.321. The van der Waals surface area contributed by atoms with Crippen molar-refractivity contribution in [2.24, 2.45) is 92.2 Å². The predicted octanol–water partition coefficient (Wildman–Crippen LogP) is 26.4. The maximum Gasteiger partial charge on any atom is 0.120 e. The Morgan fingerprint density at radius 3 is 0.973 bits per heavy atom. The average Bonchev–Trinajstić information content (AvgIpc) is 1.53. The number of hydrogen-bond donors (Lipinski definition) is 5. The number of aryl methyl sites for hydroxylation is 4. The van der Waals surface area contributed by atoms with Gasteiger partial charge in [0.15, 0.2) is 0 Å². The summed E-state index contributed by atoms with van der Waals surface area (Å²) in [6.07, 6.45) is 50.1. The summed E-state index contributed by atoms with van der Waals surface area (Å²) in [6.45, 7) is 43.6. The standard InChI is InChI=1S/C27H42N2O2.C27H41NO2.2C26H39NO2.C24H35NO2/c1-27-12-10-22-23(25(27)9-7-21(27)11-14-31-15-13-28(2)3)8-6-19-17-26(30)20(16-24(19)22)18-29(4)5;1-5-28(6-2)14-16-30-15-12-21-7-10-25-26-19(3)17-20-18-22(29)8-9-23(20)24(26)11-13-27(21,25)4;1-18(12-15-27(3)4)29-16-13-20-6-10-25-24-8-5-19-17-21(28)7-9-22(19)23(24)11-14-26(20,25)2;1-4-27(5-2)15-17-29-16-13-20-7-11-25-24-9-6-19-18-21(28)8-10-22(19)23(24)12-14-26(20,25)3;1-24-12-10-21-20-8-6-19(26)16-17(20)4-7-22(21)23(24)9-5-18(24)11-14-27-15-13-25(2)3/h11,16-17,22-23,25,30H,6-10,12-15,18H2,1-5H3;8-9,12,18-19,24-26,29H,5-7,10-11,13-17H2,1-4H3;7,9,13,17-18,23-25,28H,5-6,8,10-12,14-16H2,1-4H3;8,10,13,18,23-25,28H,4-7,9,11-12,14-17H2,1-3H3;6,8,11,16,21-23,26H,4-5,7,9-10,12-15H2,1-3H3/b21-11+;21-12+;2*20-13+;18-11-/t;19-,24?,25?,26?,27?;;;/m.1.../s1. The van der Waals surface area contributed by atoms with E-state index in [9.17, 15) is 25.5 Å². The number of ether oxygens (including phenoxy) is 5. The van der Waals surface area contributed by atoms with Crippen LogP contribution in [0.25, 0.3) is 0 Å². The zero-order valence-electron chi connectivity index (χ0n) is 94.4. The van der Waals surface area contributed by atoms with Gasteiger partial charge in [-0.1, -0.05) is 158 Å². The highest BCUT2D eigenvalue weighted by atomic mass is 16.5. The monoisotopic (exact) mass is 2000 g/mol. The van der Waals surface area contributed by atoms with Gasteiger partial charge in [0.05, 0.1) is 65.6 Å². The van der Waals surface area contributed by atoms with Crippen LogP contribution < -0.4 is 0 Å². The lowest BCUT2D eigenvalue weighted by molar-refractivity contribution is 0.0483. The lowest BCUT2D eigenvalue weighted by Gasteiger charge is -2.52. The summed E-state index contributed by atoms with van der Waals surface area (Å²) in [5.74, 6) is 14.3. The smallest absolute Gasteiger partial charge is 0.120 e. The molecule has 0 radical (unpaired) electrons. The molecule has 22 atom stereocenters. The van der Waals surface area contributed by atoms with Crippen LogP contribution in [0.4, 0.5) is 0 Å². The third-order valence-electron chi connectivity index (χ3n) is 41.6. The van der Waals surface area contributed by atoms with E-state index in [0.29, 0.717) is 97.4 Å². The van der Waals surface area contributed by atoms with Crippen LogP contribution in [-0.2, 0) is 62.3 Å². The number of likely N-dealkylation sites (N-methyl/N-ethyl adjacent to an activating group) is 4. The van der Waals surface area contributed by atoms with Crippen molar-refractivity contribution in [3.63, 3.8) is 0 Å². The first-order valence-corrected chi connectivity index (χ1v) is 58.8. The van der Waals surface area contributed by atoms with Gasteiger partial charge in [-0.25, -0.2) is 0 Å².